The van der Waals surface area contributed by atoms with Crippen LogP contribution in [-0.4, -0.2) is 59.5 Å². The molecule has 1 N–H and O–H groups in total. The molecular weight excluding hydrogens is 232 g/mol. The predicted octanol–water partition coefficient (Wildman–Crippen LogP) is 1.04. The molecule has 0 aliphatic carbocycles. The topological polar surface area (TPSA) is 60.9 Å². The number of piperazine rings is 1. The molecule has 0 aromatic heterocycles. The van der Waals surface area contributed by atoms with E-state index in [9.17, 15) is 9.59 Å². The highest BCUT2D eigenvalue weighted by Crippen LogP contribution is 2.21. The van der Waals surface area contributed by atoms with Gasteiger partial charge in [-0.15, -0.1) is 0 Å². The highest BCUT2D eigenvalue weighted by molar-refractivity contribution is 5.76. The molecule has 1 saturated heterocycles. The second-order valence-corrected chi connectivity index (χ2v) is 6.11. The lowest BCUT2D eigenvalue weighted by atomic mass is 9.90. The van der Waals surface area contributed by atoms with Gasteiger partial charge in [-0.05, 0) is 11.8 Å². The minimum atomic E-state index is -0.803. The quantitative estimate of drug-likeness (QED) is 0.816. The van der Waals surface area contributed by atoms with Crippen LogP contribution in [-0.2, 0) is 9.59 Å². The first-order valence-electron chi connectivity index (χ1n) is 6.50. The van der Waals surface area contributed by atoms with Gasteiger partial charge in [0.15, 0.2) is 0 Å². The predicted molar refractivity (Wildman–Crippen MR) is 69.3 cm³/mol. The largest absolute Gasteiger partial charge is 0.480 e. The smallest absolute Gasteiger partial charge is 0.317 e. The van der Waals surface area contributed by atoms with Gasteiger partial charge in [0.1, 0.15) is 0 Å². The van der Waals surface area contributed by atoms with Crippen LogP contribution in [0, 0.1) is 5.41 Å². The van der Waals surface area contributed by atoms with E-state index in [0.29, 0.717) is 32.6 Å². The second-order valence-electron chi connectivity index (χ2n) is 6.11. The van der Waals surface area contributed by atoms with E-state index in [0.717, 1.165) is 6.42 Å². The summed E-state index contributed by atoms with van der Waals surface area (Å²) in [5, 5.41) is 8.69. The van der Waals surface area contributed by atoms with Crippen LogP contribution in [0.25, 0.3) is 0 Å². The van der Waals surface area contributed by atoms with E-state index >= 15 is 0 Å². The zero-order valence-electron chi connectivity index (χ0n) is 11.6. The van der Waals surface area contributed by atoms with Gasteiger partial charge < -0.3 is 10.0 Å². The van der Waals surface area contributed by atoms with Crippen LogP contribution in [0.2, 0.25) is 0 Å². The average molecular weight is 256 g/mol. The van der Waals surface area contributed by atoms with Crippen molar-refractivity contribution in [3.8, 4) is 0 Å². The van der Waals surface area contributed by atoms with Crippen LogP contribution in [0.4, 0.5) is 0 Å². The van der Waals surface area contributed by atoms with Gasteiger partial charge in [-0.3, -0.25) is 14.5 Å². The molecule has 1 aliphatic rings. The van der Waals surface area contributed by atoms with Crippen molar-refractivity contribution in [1.82, 2.24) is 9.80 Å². The molecule has 18 heavy (non-hydrogen) atoms. The van der Waals surface area contributed by atoms with Gasteiger partial charge in [0.05, 0.1) is 6.54 Å². The Morgan fingerprint density at radius 2 is 1.67 bits per heavy atom. The number of carbonyl (C=O) groups excluding carboxylic acids is 1. The molecule has 1 amide bonds. The Hall–Kier alpha value is -1.10. The molecule has 0 saturated carbocycles. The lowest BCUT2D eigenvalue weighted by Crippen LogP contribution is -2.49. The zero-order valence-corrected chi connectivity index (χ0v) is 11.6. The number of aliphatic carboxylic acids is 1. The zero-order chi connectivity index (χ0) is 13.8. The first-order valence-corrected chi connectivity index (χ1v) is 6.50. The van der Waals surface area contributed by atoms with Crippen LogP contribution < -0.4 is 0 Å². The van der Waals surface area contributed by atoms with Crippen molar-refractivity contribution >= 4 is 11.9 Å². The number of carboxylic acids is 1. The van der Waals surface area contributed by atoms with Gasteiger partial charge in [0, 0.05) is 32.6 Å². The van der Waals surface area contributed by atoms with Crippen molar-refractivity contribution in [3.63, 3.8) is 0 Å². The molecule has 0 bridgehead atoms. The molecule has 0 aromatic carbocycles. The molecule has 1 heterocycles. The van der Waals surface area contributed by atoms with Crippen LogP contribution in [0.15, 0.2) is 0 Å². The Labute approximate surface area is 109 Å². The first kappa shape index (κ1) is 15.0. The summed E-state index contributed by atoms with van der Waals surface area (Å²) in [4.78, 5) is 26.3. The fourth-order valence-corrected chi connectivity index (χ4v) is 1.99. The van der Waals surface area contributed by atoms with E-state index < -0.39 is 5.97 Å². The molecule has 1 aliphatic heterocycles. The van der Waals surface area contributed by atoms with E-state index in [1.165, 1.54) is 0 Å². The number of nitrogens with zero attached hydrogens (tertiary/aromatic N) is 2. The molecule has 0 aromatic rings. The number of rotatable bonds is 4. The Balaban J connectivity index is 2.29. The third-order valence-electron chi connectivity index (χ3n) is 3.17. The number of amides is 1. The van der Waals surface area contributed by atoms with E-state index in [1.807, 2.05) is 9.80 Å². The summed E-state index contributed by atoms with van der Waals surface area (Å²) in [5.74, 6) is -0.609. The number of carboxylic acid groups (broad SMARTS) is 1. The second kappa shape index (κ2) is 6.18. The highest BCUT2D eigenvalue weighted by atomic mass is 16.4. The third kappa shape index (κ3) is 5.49. The van der Waals surface area contributed by atoms with E-state index in [2.05, 4.69) is 20.8 Å². The van der Waals surface area contributed by atoms with Crippen LogP contribution in [0.1, 0.15) is 33.6 Å². The molecule has 5 heteroatoms. The fraction of sp³-hybridized carbons (Fsp3) is 0.846. The molecular formula is C13H24N2O3. The van der Waals surface area contributed by atoms with Crippen LogP contribution >= 0.6 is 0 Å². The summed E-state index contributed by atoms with van der Waals surface area (Å²) < 4.78 is 0. The maximum atomic E-state index is 12.0. The summed E-state index contributed by atoms with van der Waals surface area (Å²) in [6.45, 7) is 9.08. The van der Waals surface area contributed by atoms with Crippen molar-refractivity contribution in [1.29, 1.82) is 0 Å². The molecule has 0 atom stereocenters. The van der Waals surface area contributed by atoms with Gasteiger partial charge in [0.2, 0.25) is 5.91 Å². The minimum absolute atomic E-state index is 0.0734. The average Bonchev–Trinajstić information content (AvgIpc) is 2.25. The third-order valence-corrected chi connectivity index (χ3v) is 3.17. The van der Waals surface area contributed by atoms with Gasteiger partial charge in [0.25, 0.3) is 0 Å². The maximum Gasteiger partial charge on any atom is 0.317 e. The van der Waals surface area contributed by atoms with E-state index in [4.69, 9.17) is 5.11 Å². The minimum Gasteiger partial charge on any atom is -0.480 e. The summed E-state index contributed by atoms with van der Waals surface area (Å²) >= 11 is 0. The molecule has 104 valence electrons. The Morgan fingerprint density at radius 3 is 2.11 bits per heavy atom. The van der Waals surface area contributed by atoms with E-state index in [1.54, 1.807) is 0 Å². The molecule has 1 rings (SSSR count). The Kier molecular flexibility index (Phi) is 5.14. The van der Waals surface area contributed by atoms with Gasteiger partial charge >= 0.3 is 5.97 Å². The summed E-state index contributed by atoms with van der Waals surface area (Å²) in [5.41, 5.74) is 0.181. The van der Waals surface area contributed by atoms with Gasteiger partial charge in [-0.25, -0.2) is 0 Å². The normalized spacial score (nSPS) is 17.8. The van der Waals surface area contributed by atoms with Crippen molar-refractivity contribution < 1.29 is 14.7 Å². The van der Waals surface area contributed by atoms with Gasteiger partial charge in [-0.1, -0.05) is 20.8 Å². The number of hydrogen-bond acceptors (Lipinski definition) is 3. The molecule has 0 unspecified atom stereocenters. The molecule has 0 spiro atoms. The summed E-state index contributed by atoms with van der Waals surface area (Å²) in [7, 11) is 0. The monoisotopic (exact) mass is 256 g/mol. The molecule has 1 fully saturated rings. The lowest BCUT2D eigenvalue weighted by Gasteiger charge is -2.34. The fourth-order valence-electron chi connectivity index (χ4n) is 1.99. The Bertz CT molecular complexity index is 302. The SMILES string of the molecule is CC(C)(C)CCC(=O)N1CCN(CC(=O)O)CC1. The highest BCUT2D eigenvalue weighted by Gasteiger charge is 2.23. The van der Waals surface area contributed by atoms with Crippen molar-refractivity contribution in [2.24, 2.45) is 5.41 Å². The van der Waals surface area contributed by atoms with Crippen LogP contribution in [0.3, 0.4) is 0 Å². The van der Waals surface area contributed by atoms with Crippen molar-refractivity contribution in [2.75, 3.05) is 32.7 Å². The van der Waals surface area contributed by atoms with Crippen molar-refractivity contribution in [3.05, 3.63) is 0 Å². The van der Waals surface area contributed by atoms with Gasteiger partial charge in [-0.2, -0.15) is 0 Å². The van der Waals surface area contributed by atoms with Crippen molar-refractivity contribution in [2.45, 2.75) is 33.6 Å². The standard InChI is InChI=1S/C13H24N2O3/c1-13(2,3)5-4-11(16)15-8-6-14(7-9-15)10-12(17)18/h4-10H2,1-3H3,(H,17,18). The summed E-state index contributed by atoms with van der Waals surface area (Å²) in [6, 6.07) is 0. The maximum absolute atomic E-state index is 12.0. The first-order chi connectivity index (χ1) is 8.28. The van der Waals surface area contributed by atoms with E-state index in [-0.39, 0.29) is 17.9 Å². The number of hydrogen-bond donors (Lipinski definition) is 1. The number of carbonyl (C=O) groups is 2. The van der Waals surface area contributed by atoms with Crippen LogP contribution in [0.5, 0.6) is 0 Å². The summed E-state index contributed by atoms with van der Waals surface area (Å²) in [6.07, 6.45) is 1.48. The Morgan fingerprint density at radius 1 is 1.11 bits per heavy atom. The molecule has 5 nitrogen and oxygen atoms in total. The lowest BCUT2D eigenvalue weighted by molar-refractivity contribution is -0.139. The molecule has 0 radical (unpaired) electrons.